The molecule has 1 aromatic heterocycles. The van der Waals surface area contributed by atoms with E-state index in [0.29, 0.717) is 5.92 Å². The topological polar surface area (TPSA) is 4.93 Å². The van der Waals surface area contributed by atoms with Crippen molar-refractivity contribution in [3.8, 4) is 22.3 Å². The van der Waals surface area contributed by atoms with Crippen molar-refractivity contribution in [1.82, 2.24) is 4.57 Å². The summed E-state index contributed by atoms with van der Waals surface area (Å²) in [5, 5.41) is 15.5. The second-order valence-electron chi connectivity index (χ2n) is 15.0. The zero-order chi connectivity index (χ0) is 35.2. The van der Waals surface area contributed by atoms with Crippen LogP contribution in [0.15, 0.2) is 170 Å². The Labute approximate surface area is 308 Å². The van der Waals surface area contributed by atoms with Crippen LogP contribution in [0.25, 0.3) is 104 Å². The predicted octanol–water partition coefficient (Wildman–Crippen LogP) is 14.6. The Kier molecular flexibility index (Phi) is 6.57. The third kappa shape index (κ3) is 4.50. The molecule has 0 spiro atoms. The monoisotopic (exact) mass is 675 g/mol. The van der Waals surface area contributed by atoms with E-state index in [2.05, 4.69) is 188 Å². The first-order valence-electron chi connectivity index (χ1n) is 18.8. The lowest BCUT2D eigenvalue weighted by Crippen LogP contribution is -2.00. The Hall–Kier alpha value is -6.44. The van der Waals surface area contributed by atoms with Crippen LogP contribution in [0.1, 0.15) is 18.9 Å². The van der Waals surface area contributed by atoms with Gasteiger partial charge in [-0.25, -0.2) is 0 Å². The summed E-state index contributed by atoms with van der Waals surface area (Å²) >= 11 is 0. The summed E-state index contributed by atoms with van der Waals surface area (Å²) in [6.07, 6.45) is 8.09. The van der Waals surface area contributed by atoms with E-state index in [4.69, 9.17) is 0 Å². The van der Waals surface area contributed by atoms with E-state index >= 15 is 0 Å². The molecule has 0 N–H and O–H groups in total. The van der Waals surface area contributed by atoms with E-state index in [1.807, 2.05) is 0 Å². The summed E-state index contributed by atoms with van der Waals surface area (Å²) in [5.41, 5.74) is 10.1. The Morgan fingerprint density at radius 3 is 1.55 bits per heavy atom. The van der Waals surface area contributed by atoms with Gasteiger partial charge in [0.25, 0.3) is 0 Å². The fourth-order valence-electron chi connectivity index (χ4n) is 9.27. The lowest BCUT2D eigenvalue weighted by molar-refractivity contribution is 0.735. The van der Waals surface area contributed by atoms with E-state index in [1.165, 1.54) is 109 Å². The summed E-state index contributed by atoms with van der Waals surface area (Å²) in [4.78, 5) is 0. The summed E-state index contributed by atoms with van der Waals surface area (Å²) in [7, 11) is 0. The zero-order valence-electron chi connectivity index (χ0n) is 29.9. The van der Waals surface area contributed by atoms with Crippen LogP contribution in [0.2, 0.25) is 0 Å². The van der Waals surface area contributed by atoms with Crippen LogP contribution in [0.3, 0.4) is 0 Å². The maximum atomic E-state index is 2.45. The van der Waals surface area contributed by atoms with E-state index in [0.717, 1.165) is 6.42 Å². The first kappa shape index (κ1) is 30.2. The van der Waals surface area contributed by atoms with Gasteiger partial charge in [-0.05, 0) is 126 Å². The van der Waals surface area contributed by atoms with Gasteiger partial charge in [0.1, 0.15) is 0 Å². The van der Waals surface area contributed by atoms with E-state index in [9.17, 15) is 0 Å². The molecule has 1 heterocycles. The smallest absolute Gasteiger partial charge is 0.0541 e. The minimum atomic E-state index is 0.570. The number of para-hydroxylation sites is 1. The quantitative estimate of drug-likeness (QED) is 0.130. The number of hydrogen-bond acceptors (Lipinski definition) is 0. The van der Waals surface area contributed by atoms with Crippen LogP contribution in [0, 0.1) is 12.8 Å². The van der Waals surface area contributed by atoms with Crippen LogP contribution in [-0.4, -0.2) is 4.57 Å². The fourth-order valence-corrected chi connectivity index (χ4v) is 9.27. The van der Waals surface area contributed by atoms with Gasteiger partial charge in [0, 0.05) is 16.5 Å². The molecule has 10 aromatic rings. The minimum absolute atomic E-state index is 0.570. The van der Waals surface area contributed by atoms with Gasteiger partial charge < -0.3 is 4.57 Å². The number of fused-ring (bicyclic) bond motifs is 11. The molecule has 250 valence electrons. The van der Waals surface area contributed by atoms with Gasteiger partial charge in [-0.2, -0.15) is 0 Å². The molecule has 0 saturated carbocycles. The van der Waals surface area contributed by atoms with Crippen LogP contribution in [0.5, 0.6) is 0 Å². The molecule has 1 aliphatic carbocycles. The highest BCUT2D eigenvalue weighted by Gasteiger charge is 2.20. The Bertz CT molecular complexity index is 3170. The molecular weight excluding hydrogens is 639 g/mol. The first-order chi connectivity index (χ1) is 26.1. The molecule has 0 fully saturated rings. The predicted molar refractivity (Wildman–Crippen MR) is 230 cm³/mol. The van der Waals surface area contributed by atoms with Gasteiger partial charge in [-0.1, -0.05) is 152 Å². The van der Waals surface area contributed by atoms with Crippen LogP contribution in [0.4, 0.5) is 0 Å². The number of benzene rings is 9. The molecule has 11 rings (SSSR count). The molecule has 1 atom stereocenters. The van der Waals surface area contributed by atoms with Crippen molar-refractivity contribution in [1.29, 1.82) is 0 Å². The van der Waals surface area contributed by atoms with Crippen molar-refractivity contribution in [2.24, 2.45) is 5.92 Å². The molecule has 1 heteroatoms. The second-order valence-corrected chi connectivity index (χ2v) is 15.0. The van der Waals surface area contributed by atoms with Crippen molar-refractivity contribution in [3.05, 3.63) is 175 Å². The first-order valence-corrected chi connectivity index (χ1v) is 18.8. The Morgan fingerprint density at radius 2 is 0.906 bits per heavy atom. The third-order valence-electron chi connectivity index (χ3n) is 11.7. The number of nitrogens with zero attached hydrogens (tertiary/aromatic N) is 1. The summed E-state index contributed by atoms with van der Waals surface area (Å²) in [6.45, 7) is 4.48. The van der Waals surface area contributed by atoms with Crippen molar-refractivity contribution in [3.63, 3.8) is 0 Å². The highest BCUT2D eigenvalue weighted by atomic mass is 15.0. The number of aryl methyl sites for hydroxylation is 1. The number of hydrogen-bond donors (Lipinski definition) is 0. The van der Waals surface area contributed by atoms with Gasteiger partial charge in [0.05, 0.1) is 11.0 Å². The molecule has 0 radical (unpaired) electrons. The van der Waals surface area contributed by atoms with Gasteiger partial charge in [-0.3, -0.25) is 0 Å². The molecule has 0 aliphatic heterocycles. The fraction of sp³-hybridized carbons (Fsp3) is 0.0769. The average Bonchev–Trinajstić information content (AvgIpc) is 3.53. The maximum Gasteiger partial charge on any atom is 0.0541 e. The lowest BCUT2D eigenvalue weighted by Gasteiger charge is -2.19. The van der Waals surface area contributed by atoms with E-state index < -0.39 is 0 Å². The maximum absolute atomic E-state index is 2.45. The van der Waals surface area contributed by atoms with Crippen LogP contribution in [-0.2, 0) is 0 Å². The number of aromatic nitrogens is 1. The van der Waals surface area contributed by atoms with Crippen LogP contribution < -0.4 is 0 Å². The van der Waals surface area contributed by atoms with Crippen molar-refractivity contribution in [2.45, 2.75) is 20.3 Å². The third-order valence-corrected chi connectivity index (χ3v) is 11.7. The summed E-state index contributed by atoms with van der Waals surface area (Å²) in [6, 6.07) is 57.0. The largest absolute Gasteiger partial charge is 0.310 e. The van der Waals surface area contributed by atoms with Gasteiger partial charge in [0.2, 0.25) is 0 Å². The number of rotatable bonds is 3. The van der Waals surface area contributed by atoms with Crippen molar-refractivity contribution >= 4 is 81.4 Å². The van der Waals surface area contributed by atoms with Crippen molar-refractivity contribution < 1.29 is 0 Å². The molecule has 9 aromatic carbocycles. The molecule has 1 nitrogen and oxygen atoms in total. The number of allylic oxidation sites excluding steroid dienone is 4. The zero-order valence-corrected chi connectivity index (χ0v) is 29.9. The summed E-state index contributed by atoms with van der Waals surface area (Å²) < 4.78 is 2.45. The lowest BCUT2D eigenvalue weighted by atomic mass is 9.84. The molecular formula is C52H37N. The second kappa shape index (κ2) is 11.5. The van der Waals surface area contributed by atoms with E-state index in [-0.39, 0.29) is 0 Å². The molecule has 0 unspecified atom stereocenters. The minimum Gasteiger partial charge on any atom is -0.310 e. The van der Waals surface area contributed by atoms with Crippen molar-refractivity contribution in [2.75, 3.05) is 0 Å². The molecule has 53 heavy (non-hydrogen) atoms. The SMILES string of the molecule is Cc1ccc2c(c1)c1ccccc1c1ccc(-c3c4ccccc4c(-c4ccc5c(c4)c4ccccc4n5C4=CC[C@@H](C)C=C4)c4ccccc34)cc12. The molecule has 0 amide bonds. The highest BCUT2D eigenvalue weighted by molar-refractivity contribution is 6.27. The Morgan fingerprint density at radius 1 is 0.434 bits per heavy atom. The molecule has 0 saturated heterocycles. The highest BCUT2D eigenvalue weighted by Crippen LogP contribution is 2.46. The molecule has 1 aliphatic rings. The van der Waals surface area contributed by atoms with Crippen LogP contribution >= 0.6 is 0 Å². The average molecular weight is 676 g/mol. The van der Waals surface area contributed by atoms with E-state index in [1.54, 1.807) is 0 Å². The van der Waals surface area contributed by atoms with Gasteiger partial charge in [-0.15, -0.1) is 0 Å². The van der Waals surface area contributed by atoms with Gasteiger partial charge in [0.15, 0.2) is 0 Å². The molecule has 0 bridgehead atoms. The van der Waals surface area contributed by atoms with Gasteiger partial charge >= 0.3 is 0 Å². The standard InChI is InChI=1S/C52H37N/c1-32-19-24-36(25-20-32)53-49-18-10-9-13-41(49)48-31-35(23-28-50(48)53)52-44-16-7-5-14-42(44)51(43-15-6-8-17-45(43)52)34-22-27-39-37-11-3-4-12-38(37)46-29-33(2)21-26-40(46)47(39)30-34/h3-19,21-32H,20H2,1-2H3/t32-/m0/s1. The normalized spacial score (nSPS) is 14.8. The Balaban J connectivity index is 1.18. The summed E-state index contributed by atoms with van der Waals surface area (Å²) in [5.74, 6) is 0.570.